The van der Waals surface area contributed by atoms with Crippen LogP contribution in [0.1, 0.15) is 13.8 Å². The van der Waals surface area contributed by atoms with Crippen LogP contribution in [0, 0.1) is 16.0 Å². The number of anilines is 1. The summed E-state index contributed by atoms with van der Waals surface area (Å²) in [6, 6.07) is 4.65. The van der Waals surface area contributed by atoms with Crippen LogP contribution in [0.15, 0.2) is 18.2 Å². The van der Waals surface area contributed by atoms with Crippen molar-refractivity contribution >= 4 is 11.4 Å². The van der Waals surface area contributed by atoms with Crippen LogP contribution in [0.3, 0.4) is 0 Å². The van der Waals surface area contributed by atoms with Gasteiger partial charge in [-0.05, 0) is 5.92 Å². The van der Waals surface area contributed by atoms with E-state index in [0.717, 1.165) is 0 Å². The summed E-state index contributed by atoms with van der Waals surface area (Å²) in [4.78, 5) is 10.3. The van der Waals surface area contributed by atoms with Gasteiger partial charge in [-0.2, -0.15) is 0 Å². The molecule has 0 unspecified atom stereocenters. The molecule has 5 heteroatoms. The first kappa shape index (κ1) is 12.3. The zero-order valence-corrected chi connectivity index (χ0v) is 9.69. The summed E-state index contributed by atoms with van der Waals surface area (Å²) in [5, 5.41) is 13.5. The molecule has 0 aliphatic rings. The molecule has 0 aromatic heterocycles. The topological polar surface area (TPSA) is 64.4 Å². The second kappa shape index (κ2) is 5.34. The molecule has 0 radical (unpaired) electrons. The number of nitro groups is 1. The number of non-ortho nitro benzene ring substituents is 1. The molecule has 0 fully saturated rings. The Bertz CT molecular complexity index is 377. The number of hydrogen-bond donors (Lipinski definition) is 1. The number of hydrogen-bond acceptors (Lipinski definition) is 4. The Kier molecular flexibility index (Phi) is 4.10. The van der Waals surface area contributed by atoms with Crippen molar-refractivity contribution in [2.45, 2.75) is 13.8 Å². The summed E-state index contributed by atoms with van der Waals surface area (Å²) in [6.07, 6.45) is 0. The van der Waals surface area contributed by atoms with Crippen LogP contribution in [0.2, 0.25) is 0 Å². The lowest BCUT2D eigenvalue weighted by Gasteiger charge is -2.10. The summed E-state index contributed by atoms with van der Waals surface area (Å²) in [7, 11) is 1.71. The molecule has 0 spiro atoms. The quantitative estimate of drug-likeness (QED) is 0.617. The van der Waals surface area contributed by atoms with Crippen LogP contribution < -0.4 is 10.1 Å². The number of nitrogens with zero attached hydrogens (tertiary/aromatic N) is 1. The second-order valence-corrected chi connectivity index (χ2v) is 3.93. The Morgan fingerprint density at radius 1 is 1.44 bits per heavy atom. The van der Waals surface area contributed by atoms with Crippen molar-refractivity contribution < 1.29 is 9.66 Å². The van der Waals surface area contributed by atoms with Crippen molar-refractivity contribution in [1.82, 2.24) is 0 Å². The highest BCUT2D eigenvalue weighted by Gasteiger charge is 2.10. The first-order chi connectivity index (χ1) is 7.52. The van der Waals surface area contributed by atoms with Crippen LogP contribution in [-0.2, 0) is 0 Å². The van der Waals surface area contributed by atoms with E-state index in [0.29, 0.717) is 24.0 Å². The van der Waals surface area contributed by atoms with Gasteiger partial charge in [0.05, 0.1) is 17.6 Å². The predicted octanol–water partition coefficient (Wildman–Crippen LogP) is 2.67. The second-order valence-electron chi connectivity index (χ2n) is 3.93. The van der Waals surface area contributed by atoms with Crippen molar-refractivity contribution in [3.8, 4) is 5.75 Å². The Morgan fingerprint density at radius 3 is 2.62 bits per heavy atom. The van der Waals surface area contributed by atoms with E-state index in [1.54, 1.807) is 13.1 Å². The number of ether oxygens (including phenoxy) is 1. The summed E-state index contributed by atoms with van der Waals surface area (Å²) >= 11 is 0. The van der Waals surface area contributed by atoms with Crippen LogP contribution in [0.4, 0.5) is 11.4 Å². The first-order valence-electron chi connectivity index (χ1n) is 5.13. The Morgan fingerprint density at radius 2 is 2.12 bits per heavy atom. The molecule has 1 aromatic rings. The largest absolute Gasteiger partial charge is 0.493 e. The van der Waals surface area contributed by atoms with Gasteiger partial charge in [0.2, 0.25) is 0 Å². The van der Waals surface area contributed by atoms with Crippen molar-refractivity contribution in [3.05, 3.63) is 28.3 Å². The molecule has 0 saturated heterocycles. The van der Waals surface area contributed by atoms with Gasteiger partial charge in [-0.1, -0.05) is 13.8 Å². The molecule has 0 aliphatic carbocycles. The molecule has 0 amide bonds. The first-order valence-corrected chi connectivity index (χ1v) is 5.13. The van der Waals surface area contributed by atoms with E-state index in [1.807, 2.05) is 13.8 Å². The average Bonchev–Trinajstić information content (AvgIpc) is 2.25. The van der Waals surface area contributed by atoms with Gasteiger partial charge in [0, 0.05) is 24.9 Å². The lowest BCUT2D eigenvalue weighted by atomic mass is 10.2. The minimum atomic E-state index is -0.428. The molecule has 0 atom stereocenters. The summed E-state index contributed by atoms with van der Waals surface area (Å²) in [5.74, 6) is 0.907. The van der Waals surface area contributed by atoms with Gasteiger partial charge in [0.1, 0.15) is 5.75 Å². The van der Waals surface area contributed by atoms with Gasteiger partial charge in [-0.3, -0.25) is 10.1 Å². The molecule has 1 N–H and O–H groups in total. The van der Waals surface area contributed by atoms with Gasteiger partial charge in [0.15, 0.2) is 0 Å². The SMILES string of the molecule is CNc1cc(OCC(C)C)cc([N+](=O)[O-])c1. The molecule has 0 aliphatic heterocycles. The number of nitrogens with one attached hydrogen (secondary N) is 1. The number of benzene rings is 1. The fourth-order valence-corrected chi connectivity index (χ4v) is 1.18. The number of nitro benzene ring substituents is 1. The van der Waals surface area contributed by atoms with Crippen molar-refractivity contribution in [3.63, 3.8) is 0 Å². The zero-order valence-electron chi connectivity index (χ0n) is 9.69. The van der Waals surface area contributed by atoms with Crippen LogP contribution in [0.5, 0.6) is 5.75 Å². The van der Waals surface area contributed by atoms with Crippen LogP contribution in [-0.4, -0.2) is 18.6 Å². The standard InChI is InChI=1S/C11H16N2O3/c1-8(2)7-16-11-5-9(12-3)4-10(6-11)13(14)15/h4-6,8,12H,7H2,1-3H3. The van der Waals surface area contributed by atoms with E-state index in [-0.39, 0.29) is 5.69 Å². The highest BCUT2D eigenvalue weighted by Crippen LogP contribution is 2.25. The molecular formula is C11H16N2O3. The molecule has 16 heavy (non-hydrogen) atoms. The van der Waals surface area contributed by atoms with Crippen LogP contribution >= 0.6 is 0 Å². The zero-order chi connectivity index (χ0) is 12.1. The molecule has 0 saturated carbocycles. The fraction of sp³-hybridized carbons (Fsp3) is 0.455. The lowest BCUT2D eigenvalue weighted by molar-refractivity contribution is -0.384. The monoisotopic (exact) mass is 224 g/mol. The van der Waals surface area contributed by atoms with Gasteiger partial charge in [0.25, 0.3) is 5.69 Å². The van der Waals surface area contributed by atoms with Crippen molar-refractivity contribution in [2.75, 3.05) is 19.0 Å². The summed E-state index contributed by atoms with van der Waals surface area (Å²) in [5.41, 5.74) is 0.707. The fourth-order valence-electron chi connectivity index (χ4n) is 1.18. The maximum atomic E-state index is 10.7. The molecule has 1 rings (SSSR count). The third-order valence-electron chi connectivity index (χ3n) is 1.97. The third kappa shape index (κ3) is 3.42. The third-order valence-corrected chi connectivity index (χ3v) is 1.97. The van der Waals surface area contributed by atoms with Crippen molar-refractivity contribution in [2.24, 2.45) is 5.92 Å². The van der Waals surface area contributed by atoms with E-state index in [2.05, 4.69) is 5.32 Å². The molecule has 5 nitrogen and oxygen atoms in total. The molecule has 0 bridgehead atoms. The predicted molar refractivity (Wildman–Crippen MR) is 63.0 cm³/mol. The summed E-state index contributed by atoms with van der Waals surface area (Å²) < 4.78 is 5.46. The van der Waals surface area contributed by atoms with Gasteiger partial charge in [-0.15, -0.1) is 0 Å². The van der Waals surface area contributed by atoms with E-state index in [9.17, 15) is 10.1 Å². The Labute approximate surface area is 94.6 Å². The van der Waals surface area contributed by atoms with E-state index in [1.165, 1.54) is 12.1 Å². The average molecular weight is 224 g/mol. The smallest absolute Gasteiger partial charge is 0.275 e. The highest BCUT2D eigenvalue weighted by atomic mass is 16.6. The maximum absolute atomic E-state index is 10.7. The molecular weight excluding hydrogens is 208 g/mol. The number of rotatable bonds is 5. The maximum Gasteiger partial charge on any atom is 0.275 e. The normalized spacial score (nSPS) is 10.2. The van der Waals surface area contributed by atoms with Gasteiger partial charge < -0.3 is 10.1 Å². The summed E-state index contributed by atoms with van der Waals surface area (Å²) in [6.45, 7) is 4.59. The van der Waals surface area contributed by atoms with E-state index in [4.69, 9.17) is 4.74 Å². The molecule has 1 aromatic carbocycles. The van der Waals surface area contributed by atoms with E-state index >= 15 is 0 Å². The van der Waals surface area contributed by atoms with Crippen LogP contribution in [0.25, 0.3) is 0 Å². The minimum Gasteiger partial charge on any atom is -0.493 e. The van der Waals surface area contributed by atoms with Gasteiger partial charge in [-0.25, -0.2) is 0 Å². The molecule has 0 heterocycles. The Balaban J connectivity index is 2.90. The van der Waals surface area contributed by atoms with Crippen molar-refractivity contribution in [1.29, 1.82) is 0 Å². The lowest BCUT2D eigenvalue weighted by Crippen LogP contribution is -2.05. The minimum absolute atomic E-state index is 0.0330. The highest BCUT2D eigenvalue weighted by molar-refractivity contribution is 5.55. The molecule has 88 valence electrons. The Hall–Kier alpha value is -1.78. The van der Waals surface area contributed by atoms with E-state index < -0.39 is 4.92 Å². The van der Waals surface area contributed by atoms with Gasteiger partial charge >= 0.3 is 0 Å².